The van der Waals surface area contributed by atoms with E-state index in [1.165, 1.54) is 11.3 Å². The highest BCUT2D eigenvalue weighted by Crippen LogP contribution is 2.20. The van der Waals surface area contributed by atoms with Gasteiger partial charge in [0.2, 0.25) is 0 Å². The normalized spacial score (nSPS) is 11.7. The van der Waals surface area contributed by atoms with Crippen LogP contribution in [0.25, 0.3) is 0 Å². The van der Waals surface area contributed by atoms with Crippen LogP contribution in [-0.4, -0.2) is 11.6 Å². The second kappa shape index (κ2) is 5.44. The Kier molecular flexibility index (Phi) is 4.50. The third-order valence-electron chi connectivity index (χ3n) is 1.92. The summed E-state index contributed by atoms with van der Waals surface area (Å²) in [6.07, 6.45) is 2.85. The Hall–Kier alpha value is -0.650. The summed E-state index contributed by atoms with van der Waals surface area (Å²) in [5.74, 6) is 5.23. The van der Waals surface area contributed by atoms with E-state index < -0.39 is 0 Å². The van der Waals surface area contributed by atoms with Crippen molar-refractivity contribution in [3.8, 4) is 0 Å². The number of hydrazine groups is 1. The number of ether oxygens (including phenoxy) is 1. The Balaban J connectivity index is 2.20. The van der Waals surface area contributed by atoms with Gasteiger partial charge < -0.3 is 4.74 Å². The molecule has 86 valence electrons. The number of rotatable bonds is 5. The highest BCUT2D eigenvalue weighted by Gasteiger charge is 2.09. The largest absolute Gasteiger partial charge is 0.376 e. The van der Waals surface area contributed by atoms with Gasteiger partial charge in [-0.05, 0) is 11.8 Å². The maximum absolute atomic E-state index is 5.56. The van der Waals surface area contributed by atoms with E-state index in [4.69, 9.17) is 10.6 Å². The molecular formula is C10H19N3OS. The fraction of sp³-hybridized carbons (Fsp3) is 0.700. The lowest BCUT2D eigenvalue weighted by molar-refractivity contribution is 0.0979. The van der Waals surface area contributed by atoms with E-state index in [0.717, 1.165) is 23.0 Å². The second-order valence-corrected chi connectivity index (χ2v) is 5.75. The number of thiazole rings is 1. The molecule has 1 aromatic heterocycles. The second-order valence-electron chi connectivity index (χ2n) is 4.64. The first-order chi connectivity index (χ1) is 7.01. The zero-order valence-corrected chi connectivity index (χ0v) is 10.4. The predicted molar refractivity (Wildman–Crippen MR) is 63.7 cm³/mol. The van der Waals surface area contributed by atoms with E-state index in [9.17, 15) is 0 Å². The van der Waals surface area contributed by atoms with Crippen molar-refractivity contribution in [2.75, 3.05) is 12.0 Å². The number of aromatic nitrogens is 1. The number of nitrogens with one attached hydrogen (secondary N) is 1. The Morgan fingerprint density at radius 1 is 1.53 bits per heavy atom. The molecule has 5 heteroatoms. The molecule has 0 aliphatic carbocycles. The average molecular weight is 229 g/mol. The molecule has 0 saturated carbocycles. The summed E-state index contributed by atoms with van der Waals surface area (Å²) in [5, 5.41) is 0.726. The fourth-order valence-electron chi connectivity index (χ4n) is 0.992. The lowest BCUT2D eigenvalue weighted by Gasteiger charge is -2.17. The van der Waals surface area contributed by atoms with Crippen LogP contribution in [-0.2, 0) is 11.3 Å². The van der Waals surface area contributed by atoms with Crippen LogP contribution >= 0.6 is 11.3 Å². The van der Waals surface area contributed by atoms with E-state index in [-0.39, 0.29) is 0 Å². The molecule has 1 heterocycles. The van der Waals surface area contributed by atoms with E-state index in [2.05, 4.69) is 31.2 Å². The summed E-state index contributed by atoms with van der Waals surface area (Å²) < 4.78 is 5.56. The van der Waals surface area contributed by atoms with Gasteiger partial charge in [0, 0.05) is 12.8 Å². The summed E-state index contributed by atoms with van der Waals surface area (Å²) in [6, 6.07) is 0. The molecule has 0 saturated heterocycles. The van der Waals surface area contributed by atoms with Crippen molar-refractivity contribution in [2.24, 2.45) is 11.3 Å². The van der Waals surface area contributed by atoms with Gasteiger partial charge in [-0.3, -0.25) is 5.43 Å². The van der Waals surface area contributed by atoms with Crippen LogP contribution in [0.5, 0.6) is 0 Å². The highest BCUT2D eigenvalue weighted by molar-refractivity contribution is 7.15. The van der Waals surface area contributed by atoms with Gasteiger partial charge in [0.1, 0.15) is 0 Å². The minimum absolute atomic E-state index is 0.331. The summed E-state index contributed by atoms with van der Waals surface area (Å²) in [4.78, 5) is 5.16. The summed E-state index contributed by atoms with van der Waals surface area (Å²) in [6.45, 7) is 8.03. The molecule has 0 spiro atoms. The summed E-state index contributed by atoms with van der Waals surface area (Å²) in [7, 11) is 0. The van der Waals surface area contributed by atoms with Crippen molar-refractivity contribution in [2.45, 2.75) is 33.8 Å². The lowest BCUT2D eigenvalue weighted by atomic mass is 9.93. The zero-order valence-electron chi connectivity index (χ0n) is 9.54. The van der Waals surface area contributed by atoms with Crippen LogP contribution in [0.15, 0.2) is 6.20 Å². The Morgan fingerprint density at radius 3 is 2.80 bits per heavy atom. The minimum atomic E-state index is 0.331. The molecule has 4 nitrogen and oxygen atoms in total. The third kappa shape index (κ3) is 5.11. The smallest absolute Gasteiger partial charge is 0.197 e. The van der Waals surface area contributed by atoms with Crippen LogP contribution in [0.1, 0.15) is 32.1 Å². The molecule has 0 unspecified atom stereocenters. The molecule has 0 aliphatic rings. The minimum Gasteiger partial charge on any atom is -0.376 e. The van der Waals surface area contributed by atoms with E-state index in [0.29, 0.717) is 12.0 Å². The van der Waals surface area contributed by atoms with Crippen molar-refractivity contribution in [1.82, 2.24) is 4.98 Å². The van der Waals surface area contributed by atoms with Crippen molar-refractivity contribution >= 4 is 16.5 Å². The molecule has 0 aromatic carbocycles. The SMILES string of the molecule is CC(C)(C)CCOCc1cnc(NN)s1. The van der Waals surface area contributed by atoms with Gasteiger partial charge in [-0.1, -0.05) is 32.1 Å². The Bertz CT molecular complexity index is 293. The molecule has 0 radical (unpaired) electrons. The molecule has 1 aromatic rings. The van der Waals surface area contributed by atoms with Crippen LogP contribution in [0.3, 0.4) is 0 Å². The molecule has 0 fully saturated rings. The number of nitrogens with zero attached hydrogens (tertiary/aromatic N) is 1. The van der Waals surface area contributed by atoms with Crippen molar-refractivity contribution in [3.05, 3.63) is 11.1 Å². The van der Waals surface area contributed by atoms with Gasteiger partial charge in [0.25, 0.3) is 0 Å². The maximum atomic E-state index is 5.56. The number of nitrogens with two attached hydrogens (primary N) is 1. The molecule has 1 rings (SSSR count). The van der Waals surface area contributed by atoms with Crippen LogP contribution < -0.4 is 11.3 Å². The molecule has 0 bridgehead atoms. The maximum Gasteiger partial charge on any atom is 0.197 e. The lowest BCUT2D eigenvalue weighted by Crippen LogP contribution is -2.09. The van der Waals surface area contributed by atoms with Gasteiger partial charge in [-0.2, -0.15) is 0 Å². The fourth-order valence-corrected chi connectivity index (χ4v) is 1.65. The first-order valence-electron chi connectivity index (χ1n) is 5.00. The highest BCUT2D eigenvalue weighted by atomic mass is 32.1. The van der Waals surface area contributed by atoms with E-state index in [1.807, 2.05) is 0 Å². The Morgan fingerprint density at radius 2 is 2.27 bits per heavy atom. The third-order valence-corrected chi connectivity index (χ3v) is 2.82. The quantitative estimate of drug-likeness (QED) is 0.462. The molecule has 15 heavy (non-hydrogen) atoms. The topological polar surface area (TPSA) is 60.2 Å². The van der Waals surface area contributed by atoms with Crippen LogP contribution in [0.4, 0.5) is 5.13 Å². The predicted octanol–water partition coefficient (Wildman–Crippen LogP) is 2.38. The molecule has 0 aliphatic heterocycles. The standard InChI is InChI=1S/C10H19N3OS/c1-10(2,3)4-5-14-7-8-6-12-9(13-11)15-8/h6H,4-5,7,11H2,1-3H3,(H,12,13). The average Bonchev–Trinajstić information content (AvgIpc) is 2.59. The van der Waals surface area contributed by atoms with Gasteiger partial charge in [-0.15, -0.1) is 0 Å². The molecular weight excluding hydrogens is 210 g/mol. The first-order valence-corrected chi connectivity index (χ1v) is 5.82. The summed E-state index contributed by atoms with van der Waals surface area (Å²) in [5.41, 5.74) is 2.84. The van der Waals surface area contributed by atoms with Gasteiger partial charge in [0.15, 0.2) is 5.13 Å². The van der Waals surface area contributed by atoms with Gasteiger partial charge in [-0.25, -0.2) is 10.8 Å². The van der Waals surface area contributed by atoms with Crippen LogP contribution in [0.2, 0.25) is 0 Å². The van der Waals surface area contributed by atoms with Gasteiger partial charge >= 0.3 is 0 Å². The van der Waals surface area contributed by atoms with Gasteiger partial charge in [0.05, 0.1) is 11.5 Å². The van der Waals surface area contributed by atoms with Crippen molar-refractivity contribution in [3.63, 3.8) is 0 Å². The first kappa shape index (κ1) is 12.4. The number of hydrogen-bond donors (Lipinski definition) is 2. The number of nitrogen functional groups attached to an aromatic ring is 1. The molecule has 0 atom stereocenters. The van der Waals surface area contributed by atoms with E-state index in [1.54, 1.807) is 6.20 Å². The molecule has 3 N–H and O–H groups in total. The number of hydrogen-bond acceptors (Lipinski definition) is 5. The molecule has 0 amide bonds. The number of anilines is 1. The van der Waals surface area contributed by atoms with Crippen molar-refractivity contribution < 1.29 is 4.74 Å². The zero-order chi connectivity index (χ0) is 11.3. The Labute approximate surface area is 94.8 Å². The van der Waals surface area contributed by atoms with Crippen molar-refractivity contribution in [1.29, 1.82) is 0 Å². The van der Waals surface area contributed by atoms with Crippen LogP contribution in [0, 0.1) is 5.41 Å². The monoisotopic (exact) mass is 229 g/mol. The van der Waals surface area contributed by atoms with E-state index >= 15 is 0 Å². The summed E-state index contributed by atoms with van der Waals surface area (Å²) >= 11 is 1.52.